The fourth-order valence-corrected chi connectivity index (χ4v) is 2.98. The van der Waals surface area contributed by atoms with Crippen LogP contribution in [-0.4, -0.2) is 24.8 Å². The van der Waals surface area contributed by atoms with Crippen LogP contribution in [-0.2, 0) is 16.6 Å². The molecular formula is C13H15FN4O2S. The van der Waals surface area contributed by atoms with Gasteiger partial charge in [-0.05, 0) is 23.8 Å². The maximum atomic E-state index is 13.1. The Morgan fingerprint density at radius 2 is 2.10 bits per heavy atom. The number of benzene rings is 1. The molecule has 2 aromatic rings. The number of anilines is 1. The smallest absolute Gasteiger partial charge is 0.243 e. The number of pyridine rings is 1. The lowest BCUT2D eigenvalue weighted by Gasteiger charge is -2.17. The van der Waals surface area contributed by atoms with E-state index in [1.165, 1.54) is 43.6 Å². The summed E-state index contributed by atoms with van der Waals surface area (Å²) in [4.78, 5) is 3.92. The largest absolute Gasteiger partial charge is 0.308 e. The molecule has 0 bridgehead atoms. The maximum Gasteiger partial charge on any atom is 0.243 e. The van der Waals surface area contributed by atoms with E-state index in [2.05, 4.69) is 10.4 Å². The Morgan fingerprint density at radius 3 is 2.76 bits per heavy atom. The second-order valence-corrected chi connectivity index (χ2v) is 6.46. The van der Waals surface area contributed by atoms with E-state index in [0.717, 1.165) is 4.31 Å². The zero-order valence-electron chi connectivity index (χ0n) is 11.3. The van der Waals surface area contributed by atoms with Gasteiger partial charge in [0, 0.05) is 25.9 Å². The summed E-state index contributed by atoms with van der Waals surface area (Å²) in [5, 5.41) is 0. The molecule has 0 aliphatic rings. The third-order valence-electron chi connectivity index (χ3n) is 2.88. The second-order valence-electron chi connectivity index (χ2n) is 4.41. The van der Waals surface area contributed by atoms with Crippen molar-refractivity contribution >= 4 is 15.8 Å². The lowest BCUT2D eigenvalue weighted by Crippen LogP contribution is -2.26. The first-order valence-corrected chi connectivity index (χ1v) is 7.51. The number of nitrogens with two attached hydrogens (primary N) is 1. The van der Waals surface area contributed by atoms with Crippen LogP contribution in [0.25, 0.3) is 0 Å². The number of hydrogen-bond donors (Lipinski definition) is 2. The molecular weight excluding hydrogens is 295 g/mol. The topological polar surface area (TPSA) is 88.3 Å². The minimum absolute atomic E-state index is 0.0596. The first kappa shape index (κ1) is 15.4. The highest BCUT2D eigenvalue weighted by atomic mass is 32.2. The minimum atomic E-state index is -3.71. The molecule has 0 fully saturated rings. The lowest BCUT2D eigenvalue weighted by atomic mass is 10.2. The summed E-state index contributed by atoms with van der Waals surface area (Å²) < 4.78 is 39.1. The molecule has 0 unspecified atom stereocenters. The number of nitrogens with zero attached hydrogens (tertiary/aromatic N) is 2. The number of sulfonamides is 1. The average Bonchev–Trinajstić information content (AvgIpc) is 2.47. The van der Waals surface area contributed by atoms with Crippen molar-refractivity contribution in [3.8, 4) is 0 Å². The first-order valence-electron chi connectivity index (χ1n) is 6.07. The predicted octanol–water partition coefficient (Wildman–Crippen LogP) is 1.33. The van der Waals surface area contributed by atoms with Crippen LogP contribution >= 0.6 is 0 Å². The van der Waals surface area contributed by atoms with Crippen LogP contribution < -0.4 is 11.3 Å². The van der Waals surface area contributed by atoms with Gasteiger partial charge in [0.05, 0.1) is 4.90 Å². The summed E-state index contributed by atoms with van der Waals surface area (Å²) in [6.45, 7) is 0.0633. The monoisotopic (exact) mass is 310 g/mol. The predicted molar refractivity (Wildman–Crippen MR) is 77.1 cm³/mol. The van der Waals surface area contributed by atoms with Gasteiger partial charge in [-0.15, -0.1) is 0 Å². The van der Waals surface area contributed by atoms with E-state index >= 15 is 0 Å². The average molecular weight is 310 g/mol. The summed E-state index contributed by atoms with van der Waals surface area (Å²) in [5.74, 6) is 5.06. The molecule has 2 rings (SSSR count). The molecule has 0 aliphatic heterocycles. The van der Waals surface area contributed by atoms with Crippen molar-refractivity contribution in [3.63, 3.8) is 0 Å². The molecule has 0 radical (unpaired) electrons. The van der Waals surface area contributed by atoms with Crippen LogP contribution in [0.2, 0.25) is 0 Å². The van der Waals surface area contributed by atoms with Crippen LogP contribution in [0.3, 0.4) is 0 Å². The third kappa shape index (κ3) is 3.54. The van der Waals surface area contributed by atoms with Gasteiger partial charge in [0.2, 0.25) is 10.0 Å². The normalized spacial score (nSPS) is 11.6. The molecule has 0 saturated carbocycles. The number of rotatable bonds is 5. The molecule has 0 spiro atoms. The van der Waals surface area contributed by atoms with E-state index < -0.39 is 15.8 Å². The van der Waals surface area contributed by atoms with Gasteiger partial charge in [-0.25, -0.2) is 23.6 Å². The zero-order valence-corrected chi connectivity index (χ0v) is 12.1. The minimum Gasteiger partial charge on any atom is -0.308 e. The van der Waals surface area contributed by atoms with Gasteiger partial charge >= 0.3 is 0 Å². The SMILES string of the molecule is CN(Cc1cccc(F)c1)S(=O)(=O)c1ccnc(NN)c1. The molecule has 1 aromatic heterocycles. The van der Waals surface area contributed by atoms with Crippen molar-refractivity contribution in [2.45, 2.75) is 11.4 Å². The van der Waals surface area contributed by atoms with Gasteiger partial charge in [0.15, 0.2) is 0 Å². The van der Waals surface area contributed by atoms with E-state index in [9.17, 15) is 12.8 Å². The molecule has 0 saturated heterocycles. The van der Waals surface area contributed by atoms with Gasteiger partial charge in [-0.2, -0.15) is 4.31 Å². The van der Waals surface area contributed by atoms with Crippen LogP contribution in [0.4, 0.5) is 10.2 Å². The van der Waals surface area contributed by atoms with Crippen LogP contribution in [0.15, 0.2) is 47.5 Å². The molecule has 0 atom stereocenters. The highest BCUT2D eigenvalue weighted by Crippen LogP contribution is 2.18. The number of hydrogen-bond acceptors (Lipinski definition) is 5. The van der Waals surface area contributed by atoms with Crippen molar-refractivity contribution in [1.29, 1.82) is 0 Å². The quantitative estimate of drug-likeness (QED) is 0.642. The summed E-state index contributed by atoms with van der Waals surface area (Å²) in [7, 11) is -2.28. The number of aromatic nitrogens is 1. The second kappa shape index (κ2) is 6.17. The summed E-state index contributed by atoms with van der Waals surface area (Å²) >= 11 is 0. The van der Waals surface area contributed by atoms with Gasteiger partial charge in [-0.1, -0.05) is 12.1 Å². The molecule has 21 heavy (non-hydrogen) atoms. The number of nitrogen functional groups attached to an aromatic ring is 1. The molecule has 112 valence electrons. The number of hydrazine groups is 1. The van der Waals surface area contributed by atoms with Crippen molar-refractivity contribution in [1.82, 2.24) is 9.29 Å². The fraction of sp³-hybridized carbons (Fsp3) is 0.154. The number of halogens is 1. The van der Waals surface area contributed by atoms with Crippen LogP contribution in [0.1, 0.15) is 5.56 Å². The Hall–Kier alpha value is -2.03. The van der Waals surface area contributed by atoms with Gasteiger partial charge < -0.3 is 5.43 Å². The maximum absolute atomic E-state index is 13.1. The molecule has 6 nitrogen and oxygen atoms in total. The van der Waals surface area contributed by atoms with Crippen molar-refractivity contribution in [2.24, 2.45) is 5.84 Å². The molecule has 3 N–H and O–H groups in total. The van der Waals surface area contributed by atoms with Crippen LogP contribution in [0, 0.1) is 5.82 Å². The Balaban J connectivity index is 2.26. The molecule has 0 aliphatic carbocycles. The van der Waals surface area contributed by atoms with E-state index in [-0.39, 0.29) is 17.3 Å². The standard InChI is InChI=1S/C13H15FN4O2S/c1-18(9-10-3-2-4-11(14)7-10)21(19,20)12-5-6-16-13(8-12)17-15/h2-8H,9,15H2,1H3,(H,16,17). The number of nitrogens with one attached hydrogen (secondary N) is 1. The van der Waals surface area contributed by atoms with E-state index in [0.29, 0.717) is 5.56 Å². The summed E-state index contributed by atoms with van der Waals surface area (Å²) in [6.07, 6.45) is 1.35. The molecule has 8 heteroatoms. The van der Waals surface area contributed by atoms with Crippen molar-refractivity contribution < 1.29 is 12.8 Å². The summed E-state index contributed by atoms with van der Waals surface area (Å²) in [5.41, 5.74) is 2.85. The van der Waals surface area contributed by atoms with E-state index in [1.807, 2.05) is 0 Å². The Bertz CT molecular complexity index is 736. The van der Waals surface area contributed by atoms with E-state index in [4.69, 9.17) is 5.84 Å². The summed E-state index contributed by atoms with van der Waals surface area (Å²) in [6, 6.07) is 8.50. The van der Waals surface area contributed by atoms with Crippen molar-refractivity contribution in [2.75, 3.05) is 12.5 Å². The lowest BCUT2D eigenvalue weighted by molar-refractivity contribution is 0.465. The van der Waals surface area contributed by atoms with Gasteiger partial charge in [-0.3, -0.25) is 0 Å². The molecule has 0 amide bonds. The van der Waals surface area contributed by atoms with E-state index in [1.54, 1.807) is 6.07 Å². The molecule has 1 aromatic carbocycles. The Morgan fingerprint density at radius 1 is 1.33 bits per heavy atom. The third-order valence-corrected chi connectivity index (χ3v) is 4.68. The Kier molecular flexibility index (Phi) is 4.51. The zero-order chi connectivity index (χ0) is 15.5. The van der Waals surface area contributed by atoms with Crippen molar-refractivity contribution in [3.05, 3.63) is 54.0 Å². The Labute approximate surface area is 122 Å². The fourth-order valence-electron chi connectivity index (χ4n) is 1.81. The van der Waals surface area contributed by atoms with Crippen LogP contribution in [0.5, 0.6) is 0 Å². The highest BCUT2D eigenvalue weighted by Gasteiger charge is 2.21. The highest BCUT2D eigenvalue weighted by molar-refractivity contribution is 7.89. The van der Waals surface area contributed by atoms with Gasteiger partial charge in [0.25, 0.3) is 0 Å². The first-order chi connectivity index (χ1) is 9.93. The molecule has 1 heterocycles. The van der Waals surface area contributed by atoms with Gasteiger partial charge in [0.1, 0.15) is 11.6 Å².